The molecule has 0 aliphatic carbocycles. The molecule has 2 rings (SSSR count). The fourth-order valence-corrected chi connectivity index (χ4v) is 1.63. The molecule has 0 saturated heterocycles. The number of rotatable bonds is 3. The van der Waals surface area contributed by atoms with Crippen LogP contribution >= 0.6 is 0 Å². The van der Waals surface area contributed by atoms with E-state index in [-0.39, 0.29) is 0 Å². The second-order valence-electron chi connectivity index (χ2n) is 3.87. The number of anilines is 1. The smallest absolute Gasteiger partial charge is 0.146 e. The van der Waals surface area contributed by atoms with Crippen molar-refractivity contribution in [2.45, 2.75) is 13.5 Å². The summed E-state index contributed by atoms with van der Waals surface area (Å²) < 4.78 is 5.28. The van der Waals surface area contributed by atoms with Gasteiger partial charge in [-0.1, -0.05) is 0 Å². The molecule has 0 unspecified atom stereocenters. The molecule has 2 heterocycles. The Kier molecular flexibility index (Phi) is 3.10. The van der Waals surface area contributed by atoms with Crippen LogP contribution < -0.4 is 4.90 Å². The van der Waals surface area contributed by atoms with Crippen molar-refractivity contribution in [1.29, 1.82) is 5.26 Å². The topological polar surface area (TPSA) is 53.1 Å². The number of aromatic nitrogens is 1. The molecule has 0 fully saturated rings. The lowest BCUT2D eigenvalue weighted by molar-refractivity contribution is 0.507. The van der Waals surface area contributed by atoms with E-state index in [2.05, 4.69) is 11.1 Å². The van der Waals surface area contributed by atoms with Gasteiger partial charge in [-0.05, 0) is 31.2 Å². The van der Waals surface area contributed by atoms with Crippen LogP contribution in [0.4, 0.5) is 5.82 Å². The highest BCUT2D eigenvalue weighted by molar-refractivity contribution is 5.53. The molecule has 0 aliphatic heterocycles. The predicted octanol–water partition coefficient (Wildman–Crippen LogP) is 2.49. The molecule has 0 spiro atoms. The van der Waals surface area contributed by atoms with Gasteiger partial charge < -0.3 is 9.32 Å². The van der Waals surface area contributed by atoms with Crippen LogP contribution in [0.3, 0.4) is 0 Å². The van der Waals surface area contributed by atoms with Gasteiger partial charge in [-0.2, -0.15) is 5.26 Å². The summed E-state index contributed by atoms with van der Waals surface area (Å²) in [6, 6.07) is 9.52. The molecule has 0 atom stereocenters. The molecular formula is C13H13N3O. The van der Waals surface area contributed by atoms with E-state index >= 15 is 0 Å². The molecule has 4 heteroatoms. The lowest BCUT2D eigenvalue weighted by atomic mass is 10.2. The van der Waals surface area contributed by atoms with Crippen molar-refractivity contribution in [2.75, 3.05) is 11.9 Å². The SMILES string of the molecule is Cc1ccc(C#N)c(N(C)Cc2ccco2)n1. The summed E-state index contributed by atoms with van der Waals surface area (Å²) in [5.41, 5.74) is 1.47. The standard InChI is InChI=1S/C13H13N3O/c1-10-5-6-11(8-14)13(15-10)16(2)9-12-4-3-7-17-12/h3-7H,9H2,1-2H3. The first-order chi connectivity index (χ1) is 8.20. The first-order valence-corrected chi connectivity index (χ1v) is 5.32. The number of nitrogens with zero attached hydrogens (tertiary/aromatic N) is 3. The van der Waals surface area contributed by atoms with Gasteiger partial charge in [0.1, 0.15) is 17.6 Å². The molecular weight excluding hydrogens is 214 g/mol. The lowest BCUT2D eigenvalue weighted by Gasteiger charge is -2.18. The number of nitriles is 1. The zero-order chi connectivity index (χ0) is 12.3. The van der Waals surface area contributed by atoms with Crippen LogP contribution in [0.1, 0.15) is 17.0 Å². The Labute approximate surface area is 100 Å². The van der Waals surface area contributed by atoms with Crippen LogP contribution in [0.25, 0.3) is 0 Å². The van der Waals surface area contributed by atoms with Crippen molar-refractivity contribution in [3.05, 3.63) is 47.5 Å². The van der Waals surface area contributed by atoms with Crippen molar-refractivity contribution < 1.29 is 4.42 Å². The normalized spacial score (nSPS) is 9.94. The van der Waals surface area contributed by atoms with Crippen LogP contribution in [0.5, 0.6) is 0 Å². The molecule has 0 bridgehead atoms. The Hall–Kier alpha value is -2.28. The minimum Gasteiger partial charge on any atom is -0.467 e. The van der Waals surface area contributed by atoms with Crippen molar-refractivity contribution >= 4 is 5.82 Å². The van der Waals surface area contributed by atoms with E-state index in [9.17, 15) is 0 Å². The molecule has 2 aromatic heterocycles. The van der Waals surface area contributed by atoms with Gasteiger partial charge in [0.25, 0.3) is 0 Å². The highest BCUT2D eigenvalue weighted by Crippen LogP contribution is 2.18. The third kappa shape index (κ3) is 2.45. The van der Waals surface area contributed by atoms with Gasteiger partial charge in [0, 0.05) is 12.7 Å². The van der Waals surface area contributed by atoms with Crippen LogP contribution in [0.2, 0.25) is 0 Å². The van der Waals surface area contributed by atoms with Crippen LogP contribution in [0, 0.1) is 18.3 Å². The fraction of sp³-hybridized carbons (Fsp3) is 0.231. The minimum atomic E-state index is 0.574. The van der Waals surface area contributed by atoms with Gasteiger partial charge in [-0.15, -0.1) is 0 Å². The summed E-state index contributed by atoms with van der Waals surface area (Å²) in [6.45, 7) is 2.50. The monoisotopic (exact) mass is 227 g/mol. The van der Waals surface area contributed by atoms with Gasteiger partial charge in [0.15, 0.2) is 0 Å². The Morgan fingerprint density at radius 1 is 1.41 bits per heavy atom. The van der Waals surface area contributed by atoms with Gasteiger partial charge in [-0.3, -0.25) is 0 Å². The maximum absolute atomic E-state index is 9.04. The van der Waals surface area contributed by atoms with E-state index in [1.807, 2.05) is 37.1 Å². The van der Waals surface area contributed by atoms with Crippen molar-refractivity contribution in [1.82, 2.24) is 4.98 Å². The first-order valence-electron chi connectivity index (χ1n) is 5.32. The zero-order valence-electron chi connectivity index (χ0n) is 9.84. The average molecular weight is 227 g/mol. The number of aryl methyl sites for hydroxylation is 1. The summed E-state index contributed by atoms with van der Waals surface area (Å²) in [5.74, 6) is 1.53. The van der Waals surface area contributed by atoms with E-state index in [0.717, 1.165) is 11.5 Å². The van der Waals surface area contributed by atoms with Gasteiger partial charge >= 0.3 is 0 Å². The van der Waals surface area contributed by atoms with Crippen molar-refractivity contribution in [3.8, 4) is 6.07 Å². The molecule has 0 aliphatic rings. The van der Waals surface area contributed by atoms with Crippen LogP contribution in [-0.2, 0) is 6.54 Å². The number of pyridine rings is 1. The van der Waals surface area contributed by atoms with Crippen LogP contribution in [0.15, 0.2) is 34.9 Å². The predicted molar refractivity (Wildman–Crippen MR) is 64.5 cm³/mol. The Balaban J connectivity index is 2.27. The molecule has 0 N–H and O–H groups in total. The number of hydrogen-bond acceptors (Lipinski definition) is 4. The second-order valence-corrected chi connectivity index (χ2v) is 3.87. The number of furan rings is 1. The molecule has 17 heavy (non-hydrogen) atoms. The zero-order valence-corrected chi connectivity index (χ0v) is 9.84. The first kappa shape index (κ1) is 11.2. The third-order valence-electron chi connectivity index (χ3n) is 2.47. The maximum atomic E-state index is 9.04. The van der Waals surface area contributed by atoms with Crippen LogP contribution in [-0.4, -0.2) is 12.0 Å². The molecule has 2 aromatic rings. The quantitative estimate of drug-likeness (QED) is 0.808. The summed E-state index contributed by atoms with van der Waals surface area (Å²) in [5, 5.41) is 9.04. The molecule has 0 aromatic carbocycles. The summed E-state index contributed by atoms with van der Waals surface area (Å²) in [4.78, 5) is 6.29. The molecule has 0 saturated carbocycles. The fourth-order valence-electron chi connectivity index (χ4n) is 1.63. The Morgan fingerprint density at radius 2 is 2.24 bits per heavy atom. The van der Waals surface area contributed by atoms with E-state index in [1.165, 1.54) is 0 Å². The van der Waals surface area contributed by atoms with Crippen molar-refractivity contribution in [2.24, 2.45) is 0 Å². The molecule has 0 amide bonds. The Bertz CT molecular complexity index is 540. The van der Waals surface area contributed by atoms with Gasteiger partial charge in [0.2, 0.25) is 0 Å². The molecule has 0 radical (unpaired) electrons. The van der Waals surface area contributed by atoms with Gasteiger partial charge in [0.05, 0.1) is 18.4 Å². The Morgan fingerprint density at radius 3 is 2.88 bits per heavy atom. The summed E-state index contributed by atoms with van der Waals surface area (Å²) >= 11 is 0. The van der Waals surface area contributed by atoms with Crippen molar-refractivity contribution in [3.63, 3.8) is 0 Å². The number of hydrogen-bond donors (Lipinski definition) is 0. The summed E-state index contributed by atoms with van der Waals surface area (Å²) in [6.07, 6.45) is 1.64. The maximum Gasteiger partial charge on any atom is 0.146 e. The molecule has 4 nitrogen and oxygen atoms in total. The van der Waals surface area contributed by atoms with E-state index < -0.39 is 0 Å². The minimum absolute atomic E-state index is 0.574. The molecule has 86 valence electrons. The highest BCUT2D eigenvalue weighted by atomic mass is 16.3. The van der Waals surface area contributed by atoms with Gasteiger partial charge in [-0.25, -0.2) is 4.98 Å². The largest absolute Gasteiger partial charge is 0.467 e. The van der Waals surface area contributed by atoms with E-state index in [1.54, 1.807) is 12.3 Å². The second kappa shape index (κ2) is 4.71. The average Bonchev–Trinajstić information content (AvgIpc) is 2.81. The van der Waals surface area contributed by atoms with E-state index in [4.69, 9.17) is 9.68 Å². The summed E-state index contributed by atoms with van der Waals surface area (Å²) in [7, 11) is 1.89. The lowest BCUT2D eigenvalue weighted by Crippen LogP contribution is -2.18. The highest BCUT2D eigenvalue weighted by Gasteiger charge is 2.10. The third-order valence-corrected chi connectivity index (χ3v) is 2.47. The van der Waals surface area contributed by atoms with E-state index in [0.29, 0.717) is 17.9 Å².